The van der Waals surface area contributed by atoms with E-state index in [4.69, 9.17) is 12.8 Å². The zero-order valence-electron chi connectivity index (χ0n) is 10.5. The molecule has 0 bridgehead atoms. The Labute approximate surface area is 104 Å². The van der Waals surface area contributed by atoms with Gasteiger partial charge in [-0.25, -0.2) is 0 Å². The Morgan fingerprint density at radius 3 is 2.47 bits per heavy atom. The van der Waals surface area contributed by atoms with Gasteiger partial charge in [0, 0.05) is 33.7 Å². The molecule has 1 heterocycles. The summed E-state index contributed by atoms with van der Waals surface area (Å²) < 4.78 is 0. The topological polar surface area (TPSA) is 26.8 Å². The average Bonchev–Trinajstić information content (AvgIpc) is 2.30. The minimum atomic E-state index is -0.178. The third-order valence-corrected chi connectivity index (χ3v) is 2.91. The third kappa shape index (κ3) is 3.49. The van der Waals surface area contributed by atoms with Crippen LogP contribution in [0.3, 0.4) is 0 Å². The summed E-state index contributed by atoms with van der Waals surface area (Å²) in [6.45, 7) is 3.40. The Balaban J connectivity index is 2.73. The number of terminal acetylenes is 2. The lowest BCUT2D eigenvalue weighted by Gasteiger charge is -2.39. The lowest BCUT2D eigenvalue weighted by Crippen LogP contribution is -2.58. The van der Waals surface area contributed by atoms with E-state index in [0.29, 0.717) is 19.6 Å². The Kier molecular flexibility index (Phi) is 5.03. The molecule has 0 aromatic heterocycles. The van der Waals surface area contributed by atoms with Gasteiger partial charge in [-0.05, 0) is 0 Å². The van der Waals surface area contributed by atoms with Crippen molar-refractivity contribution in [2.24, 2.45) is 0 Å². The van der Waals surface area contributed by atoms with Gasteiger partial charge in [0.15, 0.2) is 0 Å². The number of amides is 1. The van der Waals surface area contributed by atoms with Crippen LogP contribution in [0.5, 0.6) is 0 Å². The lowest BCUT2D eigenvalue weighted by atomic mass is 10.1. The summed E-state index contributed by atoms with van der Waals surface area (Å²) in [6, 6.07) is -0.178. The molecule has 1 unspecified atom stereocenters. The van der Waals surface area contributed by atoms with Gasteiger partial charge in [-0.1, -0.05) is 11.8 Å². The molecule has 0 aliphatic carbocycles. The van der Waals surface area contributed by atoms with Crippen LogP contribution in [0.2, 0.25) is 0 Å². The van der Waals surface area contributed by atoms with Gasteiger partial charge in [0.2, 0.25) is 5.91 Å². The predicted molar refractivity (Wildman–Crippen MR) is 68.2 cm³/mol. The Hall–Kier alpha value is -1.49. The van der Waals surface area contributed by atoms with E-state index in [9.17, 15) is 4.79 Å². The maximum atomic E-state index is 12.1. The molecule has 0 aromatic rings. The van der Waals surface area contributed by atoms with Crippen LogP contribution >= 0.6 is 0 Å². The minimum absolute atomic E-state index is 0.0852. The molecule has 1 saturated heterocycles. The lowest BCUT2D eigenvalue weighted by molar-refractivity contribution is -0.136. The molecule has 0 saturated carbocycles. The highest BCUT2D eigenvalue weighted by Crippen LogP contribution is 2.11. The SMILES string of the molecule is C#CCN1CCN(CC#C)C(C(=O)N(C)C)C1. The molecule has 1 rings (SSSR count). The number of carbonyl (C=O) groups excluding carboxylic acids is 1. The summed E-state index contributed by atoms with van der Waals surface area (Å²) in [4.78, 5) is 17.8. The van der Waals surface area contributed by atoms with Crippen LogP contribution in [0.4, 0.5) is 0 Å². The third-order valence-electron chi connectivity index (χ3n) is 2.91. The zero-order chi connectivity index (χ0) is 12.8. The summed E-state index contributed by atoms with van der Waals surface area (Å²) in [5, 5.41) is 0. The van der Waals surface area contributed by atoms with Gasteiger partial charge in [-0.2, -0.15) is 0 Å². The summed E-state index contributed by atoms with van der Waals surface area (Å²) in [7, 11) is 3.52. The Bertz CT molecular complexity index is 351. The molecule has 1 atom stereocenters. The number of hydrogen-bond acceptors (Lipinski definition) is 3. The van der Waals surface area contributed by atoms with Crippen LogP contribution in [-0.2, 0) is 4.79 Å². The summed E-state index contributed by atoms with van der Waals surface area (Å²) in [5.41, 5.74) is 0. The van der Waals surface area contributed by atoms with Gasteiger partial charge in [0.05, 0.1) is 13.1 Å². The highest BCUT2D eigenvalue weighted by molar-refractivity contribution is 5.81. The van der Waals surface area contributed by atoms with Gasteiger partial charge in [-0.3, -0.25) is 14.6 Å². The molecule has 0 aromatic carbocycles. The van der Waals surface area contributed by atoms with Crippen LogP contribution < -0.4 is 0 Å². The molecule has 0 spiro atoms. The molecular formula is C13H19N3O. The molecule has 1 aliphatic heterocycles. The molecule has 1 amide bonds. The monoisotopic (exact) mass is 233 g/mol. The fourth-order valence-electron chi connectivity index (χ4n) is 1.99. The first-order valence-electron chi connectivity index (χ1n) is 5.64. The normalized spacial score (nSPS) is 21.5. The van der Waals surface area contributed by atoms with Crippen molar-refractivity contribution >= 4 is 5.91 Å². The fraction of sp³-hybridized carbons (Fsp3) is 0.615. The number of piperazine rings is 1. The van der Waals surface area contributed by atoms with Gasteiger partial charge in [0.1, 0.15) is 6.04 Å². The Morgan fingerprint density at radius 2 is 1.94 bits per heavy atom. The quantitative estimate of drug-likeness (QED) is 0.605. The van der Waals surface area contributed by atoms with Crippen molar-refractivity contribution in [3.63, 3.8) is 0 Å². The number of carbonyl (C=O) groups is 1. The van der Waals surface area contributed by atoms with Crippen molar-refractivity contribution in [1.82, 2.24) is 14.7 Å². The van der Waals surface area contributed by atoms with Crippen molar-refractivity contribution in [3.8, 4) is 24.7 Å². The van der Waals surface area contributed by atoms with Crippen molar-refractivity contribution in [3.05, 3.63) is 0 Å². The van der Waals surface area contributed by atoms with E-state index >= 15 is 0 Å². The van der Waals surface area contributed by atoms with E-state index in [1.165, 1.54) is 0 Å². The van der Waals surface area contributed by atoms with Crippen molar-refractivity contribution in [2.45, 2.75) is 6.04 Å². The van der Waals surface area contributed by atoms with Crippen LogP contribution in [0.1, 0.15) is 0 Å². The first-order valence-corrected chi connectivity index (χ1v) is 5.64. The minimum Gasteiger partial charge on any atom is -0.347 e. The Morgan fingerprint density at radius 1 is 1.29 bits per heavy atom. The van der Waals surface area contributed by atoms with Crippen LogP contribution in [0.15, 0.2) is 0 Å². The second kappa shape index (κ2) is 6.30. The van der Waals surface area contributed by atoms with Gasteiger partial charge >= 0.3 is 0 Å². The molecule has 0 N–H and O–H groups in total. The van der Waals surface area contributed by atoms with Crippen LogP contribution in [0.25, 0.3) is 0 Å². The van der Waals surface area contributed by atoms with Crippen molar-refractivity contribution in [1.29, 1.82) is 0 Å². The fourth-order valence-corrected chi connectivity index (χ4v) is 1.99. The van der Waals surface area contributed by atoms with Crippen LogP contribution in [0, 0.1) is 24.7 Å². The molecule has 0 radical (unpaired) electrons. The number of nitrogens with zero attached hydrogens (tertiary/aromatic N) is 3. The van der Waals surface area contributed by atoms with E-state index < -0.39 is 0 Å². The average molecular weight is 233 g/mol. The predicted octanol–water partition coefficient (Wildman–Crippen LogP) is -0.673. The molecule has 4 heteroatoms. The highest BCUT2D eigenvalue weighted by atomic mass is 16.2. The first-order chi connectivity index (χ1) is 8.10. The largest absolute Gasteiger partial charge is 0.347 e. The van der Waals surface area contributed by atoms with E-state index in [1.54, 1.807) is 19.0 Å². The summed E-state index contributed by atoms with van der Waals surface area (Å²) in [6.07, 6.45) is 10.6. The number of likely N-dealkylation sites (N-methyl/N-ethyl adjacent to an activating group) is 1. The second-order valence-electron chi connectivity index (χ2n) is 4.36. The molecule has 1 aliphatic rings. The van der Waals surface area contributed by atoms with E-state index in [0.717, 1.165) is 13.1 Å². The van der Waals surface area contributed by atoms with E-state index in [1.807, 2.05) is 4.90 Å². The maximum Gasteiger partial charge on any atom is 0.240 e. The van der Waals surface area contributed by atoms with Crippen molar-refractivity contribution < 1.29 is 4.79 Å². The molecule has 17 heavy (non-hydrogen) atoms. The highest BCUT2D eigenvalue weighted by Gasteiger charge is 2.32. The second-order valence-corrected chi connectivity index (χ2v) is 4.36. The number of rotatable bonds is 3. The molecular weight excluding hydrogens is 214 g/mol. The van der Waals surface area contributed by atoms with E-state index in [2.05, 4.69) is 16.7 Å². The van der Waals surface area contributed by atoms with Gasteiger partial charge in [-0.15, -0.1) is 12.8 Å². The molecule has 4 nitrogen and oxygen atoms in total. The number of hydrogen-bond donors (Lipinski definition) is 0. The van der Waals surface area contributed by atoms with Crippen LogP contribution in [-0.4, -0.2) is 73.5 Å². The van der Waals surface area contributed by atoms with Gasteiger partial charge in [0.25, 0.3) is 0 Å². The smallest absolute Gasteiger partial charge is 0.240 e. The zero-order valence-corrected chi connectivity index (χ0v) is 10.5. The standard InChI is InChI=1S/C13H19N3O/c1-5-7-15-9-10-16(8-6-2)12(11-15)13(17)14(3)4/h1-2,12H,7-11H2,3-4H3. The molecule has 1 fully saturated rings. The first kappa shape index (κ1) is 13.6. The summed E-state index contributed by atoms with van der Waals surface area (Å²) >= 11 is 0. The summed E-state index contributed by atoms with van der Waals surface area (Å²) in [5.74, 6) is 5.30. The van der Waals surface area contributed by atoms with Gasteiger partial charge < -0.3 is 4.90 Å². The van der Waals surface area contributed by atoms with E-state index in [-0.39, 0.29) is 11.9 Å². The van der Waals surface area contributed by atoms with Crippen molar-refractivity contribution in [2.75, 3.05) is 46.8 Å². The maximum absolute atomic E-state index is 12.1. The molecule has 92 valence electrons.